The van der Waals surface area contributed by atoms with Gasteiger partial charge in [0.05, 0.1) is 17.3 Å². The molecular weight excluding hydrogens is 338 g/mol. The molecule has 1 aliphatic rings. The molecule has 5 nitrogen and oxygen atoms in total. The summed E-state index contributed by atoms with van der Waals surface area (Å²) in [4.78, 5) is 0. The minimum atomic E-state index is -1.20. The molecule has 1 aromatic heterocycles. The second-order valence-corrected chi connectivity index (χ2v) is 7.21. The van der Waals surface area contributed by atoms with Crippen molar-refractivity contribution in [3.05, 3.63) is 60.8 Å². The summed E-state index contributed by atoms with van der Waals surface area (Å²) in [6, 6.07) is 17.7. The van der Waals surface area contributed by atoms with Crippen LogP contribution in [0.25, 0.3) is 16.6 Å². The third-order valence-electron chi connectivity index (χ3n) is 4.42. The molecule has 0 amide bonds. The SMILES string of the molecule is O[C@@H]1[C@@H](O)[C@@H](Oc2ccccc2-n2ccc3ccccc32)SC[C@H]1O. The van der Waals surface area contributed by atoms with Crippen LogP contribution in [-0.4, -0.2) is 49.4 Å². The summed E-state index contributed by atoms with van der Waals surface area (Å²) in [6.45, 7) is 0. The molecule has 25 heavy (non-hydrogen) atoms. The van der Waals surface area contributed by atoms with E-state index in [1.54, 1.807) is 0 Å². The van der Waals surface area contributed by atoms with E-state index in [9.17, 15) is 15.3 Å². The first-order valence-electron chi connectivity index (χ1n) is 8.13. The highest BCUT2D eigenvalue weighted by Crippen LogP contribution is 2.33. The van der Waals surface area contributed by atoms with Gasteiger partial charge in [-0.1, -0.05) is 30.3 Å². The lowest BCUT2D eigenvalue weighted by Gasteiger charge is -2.34. The number of aliphatic hydroxyl groups is 3. The first-order chi connectivity index (χ1) is 12.1. The molecule has 0 radical (unpaired) electrons. The number of hydrogen-bond donors (Lipinski definition) is 3. The number of ether oxygens (including phenoxy) is 1. The van der Waals surface area contributed by atoms with Gasteiger partial charge in [-0.2, -0.15) is 0 Å². The summed E-state index contributed by atoms with van der Waals surface area (Å²) < 4.78 is 8.05. The molecule has 130 valence electrons. The number of benzene rings is 2. The van der Waals surface area contributed by atoms with Crippen molar-refractivity contribution in [2.24, 2.45) is 0 Å². The fourth-order valence-electron chi connectivity index (χ4n) is 3.06. The van der Waals surface area contributed by atoms with Gasteiger partial charge in [-0.05, 0) is 29.7 Å². The van der Waals surface area contributed by atoms with Gasteiger partial charge in [-0.15, -0.1) is 11.8 Å². The fourth-order valence-corrected chi connectivity index (χ4v) is 4.17. The van der Waals surface area contributed by atoms with Crippen LogP contribution in [0.2, 0.25) is 0 Å². The summed E-state index contributed by atoms with van der Waals surface area (Å²) in [6.07, 6.45) is -1.31. The molecule has 4 atom stereocenters. The predicted octanol–water partition coefficient (Wildman–Crippen LogP) is 2.16. The maximum Gasteiger partial charge on any atom is 0.173 e. The van der Waals surface area contributed by atoms with Crippen molar-refractivity contribution >= 4 is 22.7 Å². The molecule has 4 rings (SSSR count). The molecule has 1 saturated heterocycles. The van der Waals surface area contributed by atoms with Crippen LogP contribution in [-0.2, 0) is 0 Å². The smallest absolute Gasteiger partial charge is 0.173 e. The Balaban J connectivity index is 1.68. The number of para-hydroxylation sites is 3. The maximum atomic E-state index is 10.2. The van der Waals surface area contributed by atoms with Gasteiger partial charge in [-0.3, -0.25) is 0 Å². The van der Waals surface area contributed by atoms with E-state index >= 15 is 0 Å². The molecule has 0 aliphatic carbocycles. The minimum absolute atomic E-state index is 0.317. The number of aromatic nitrogens is 1. The van der Waals surface area contributed by atoms with Crippen molar-refractivity contribution < 1.29 is 20.1 Å². The average molecular weight is 357 g/mol. The first kappa shape index (κ1) is 16.5. The summed E-state index contributed by atoms with van der Waals surface area (Å²) in [5, 5.41) is 30.9. The summed E-state index contributed by atoms with van der Waals surface area (Å²) in [5.74, 6) is 0.932. The number of aliphatic hydroxyl groups excluding tert-OH is 3. The Hall–Kier alpha value is -1.99. The lowest BCUT2D eigenvalue weighted by atomic mass is 10.1. The molecule has 2 aromatic carbocycles. The van der Waals surface area contributed by atoms with Crippen LogP contribution in [0.5, 0.6) is 5.75 Å². The quantitative estimate of drug-likeness (QED) is 0.670. The summed E-state index contributed by atoms with van der Waals surface area (Å²) in [5.41, 5.74) is 1.28. The lowest BCUT2D eigenvalue weighted by molar-refractivity contribution is -0.0785. The molecule has 0 unspecified atom stereocenters. The molecular formula is C19H19NO4S. The van der Waals surface area contributed by atoms with Crippen LogP contribution in [0, 0.1) is 0 Å². The topological polar surface area (TPSA) is 74.8 Å². The first-order valence-corrected chi connectivity index (χ1v) is 9.18. The van der Waals surface area contributed by atoms with Crippen molar-refractivity contribution in [1.82, 2.24) is 4.57 Å². The van der Waals surface area contributed by atoms with Crippen LogP contribution in [0.15, 0.2) is 60.8 Å². The molecule has 3 aromatic rings. The maximum absolute atomic E-state index is 10.2. The summed E-state index contributed by atoms with van der Waals surface area (Å²) >= 11 is 1.30. The van der Waals surface area contributed by atoms with E-state index in [1.165, 1.54) is 11.8 Å². The Morgan fingerprint density at radius 2 is 1.68 bits per heavy atom. The number of fused-ring (bicyclic) bond motifs is 1. The monoisotopic (exact) mass is 357 g/mol. The van der Waals surface area contributed by atoms with E-state index < -0.39 is 23.7 Å². The largest absolute Gasteiger partial charge is 0.475 e. The van der Waals surface area contributed by atoms with Crippen molar-refractivity contribution in [2.45, 2.75) is 23.7 Å². The second kappa shape index (κ2) is 6.72. The molecule has 2 heterocycles. The Kier molecular flexibility index (Phi) is 4.43. The number of nitrogens with zero attached hydrogens (tertiary/aromatic N) is 1. The van der Waals surface area contributed by atoms with E-state index in [2.05, 4.69) is 0 Å². The van der Waals surface area contributed by atoms with Gasteiger partial charge in [0.2, 0.25) is 0 Å². The Morgan fingerprint density at radius 1 is 0.920 bits per heavy atom. The van der Waals surface area contributed by atoms with Crippen molar-refractivity contribution in [1.29, 1.82) is 0 Å². The highest BCUT2D eigenvalue weighted by molar-refractivity contribution is 7.99. The van der Waals surface area contributed by atoms with Crippen LogP contribution < -0.4 is 4.74 Å². The minimum Gasteiger partial charge on any atom is -0.475 e. The molecule has 6 heteroatoms. The van der Waals surface area contributed by atoms with Gasteiger partial charge in [-0.25, -0.2) is 0 Å². The van der Waals surface area contributed by atoms with Gasteiger partial charge in [0.1, 0.15) is 18.0 Å². The molecule has 0 spiro atoms. The number of rotatable bonds is 3. The van der Waals surface area contributed by atoms with E-state index in [0.717, 1.165) is 16.6 Å². The Bertz CT molecular complexity index is 880. The van der Waals surface area contributed by atoms with Crippen molar-refractivity contribution in [2.75, 3.05) is 5.75 Å². The van der Waals surface area contributed by atoms with Crippen molar-refractivity contribution in [3.8, 4) is 11.4 Å². The van der Waals surface area contributed by atoms with Gasteiger partial charge in [0.25, 0.3) is 0 Å². The zero-order valence-corrected chi connectivity index (χ0v) is 14.2. The Morgan fingerprint density at radius 3 is 2.56 bits per heavy atom. The van der Waals surface area contributed by atoms with E-state index in [4.69, 9.17) is 4.74 Å². The lowest BCUT2D eigenvalue weighted by Crippen LogP contribution is -2.50. The molecule has 1 fully saturated rings. The van der Waals surface area contributed by atoms with Crippen molar-refractivity contribution in [3.63, 3.8) is 0 Å². The van der Waals surface area contributed by atoms with Gasteiger partial charge < -0.3 is 24.6 Å². The van der Waals surface area contributed by atoms with Crippen LogP contribution in [0.4, 0.5) is 0 Å². The van der Waals surface area contributed by atoms with Crippen LogP contribution in [0.3, 0.4) is 0 Å². The highest BCUT2D eigenvalue weighted by Gasteiger charge is 2.38. The van der Waals surface area contributed by atoms with Gasteiger partial charge in [0.15, 0.2) is 5.44 Å². The average Bonchev–Trinajstić information content (AvgIpc) is 3.07. The van der Waals surface area contributed by atoms with Crippen LogP contribution >= 0.6 is 11.8 Å². The Labute approximate surface area is 149 Å². The third-order valence-corrected chi connectivity index (χ3v) is 5.66. The number of hydrogen-bond acceptors (Lipinski definition) is 5. The second-order valence-electron chi connectivity index (χ2n) is 6.08. The predicted molar refractivity (Wildman–Crippen MR) is 98.2 cm³/mol. The number of thioether (sulfide) groups is 1. The molecule has 0 bridgehead atoms. The molecule has 3 N–H and O–H groups in total. The molecule has 1 aliphatic heterocycles. The normalized spacial score (nSPS) is 26.7. The molecule has 0 saturated carbocycles. The van der Waals surface area contributed by atoms with Crippen LogP contribution in [0.1, 0.15) is 0 Å². The standard InChI is InChI=1S/C19H19NO4S/c21-15-11-25-19(18(23)17(15)22)24-16-8-4-3-7-14(16)20-10-9-12-5-1-2-6-13(12)20/h1-10,15,17-19,21-23H,11H2/t15-,17+,18-,19+/m1/s1. The van der Waals surface area contributed by atoms with Gasteiger partial charge in [0, 0.05) is 11.9 Å². The summed E-state index contributed by atoms with van der Waals surface area (Å²) in [7, 11) is 0. The third kappa shape index (κ3) is 3.02. The van der Waals surface area contributed by atoms with E-state index in [-0.39, 0.29) is 0 Å². The zero-order valence-electron chi connectivity index (χ0n) is 13.4. The highest BCUT2D eigenvalue weighted by atomic mass is 32.2. The van der Waals surface area contributed by atoms with E-state index in [0.29, 0.717) is 11.5 Å². The van der Waals surface area contributed by atoms with Gasteiger partial charge >= 0.3 is 0 Å². The zero-order chi connectivity index (χ0) is 17.4. The van der Waals surface area contributed by atoms with E-state index in [1.807, 2.05) is 65.4 Å². The fraction of sp³-hybridized carbons (Fsp3) is 0.263.